The Morgan fingerprint density at radius 1 is 1.14 bits per heavy atom. The Morgan fingerprint density at radius 2 is 1.79 bits per heavy atom. The molecule has 0 spiro atoms. The molecule has 7 nitrogen and oxygen atoms in total. The Kier molecular flexibility index (Phi) is 8.29. The molecule has 1 saturated heterocycles. The minimum absolute atomic E-state index is 0.0489. The summed E-state index contributed by atoms with van der Waals surface area (Å²) in [5, 5.41) is 3.02. The van der Waals surface area contributed by atoms with Crippen molar-refractivity contribution in [3.8, 4) is 0 Å². The maximum Gasteiger partial charge on any atom is 0.409 e. The van der Waals surface area contributed by atoms with Gasteiger partial charge in [-0.1, -0.05) is 19.1 Å². The van der Waals surface area contributed by atoms with Crippen LogP contribution in [0.5, 0.6) is 0 Å². The number of ether oxygens (including phenoxy) is 1. The van der Waals surface area contributed by atoms with Gasteiger partial charge in [-0.2, -0.15) is 0 Å². The molecule has 0 saturated carbocycles. The number of benzene rings is 1. The Bertz CT molecular complexity index is 667. The molecular formula is C21H31N3O4. The lowest BCUT2D eigenvalue weighted by Gasteiger charge is -2.31. The SMILES string of the molecule is CCOC(=O)N1CCC(NC(=O)CCN(C(C)=O)c2ccc(CC)cc2)CC1. The van der Waals surface area contributed by atoms with E-state index in [2.05, 4.69) is 12.2 Å². The van der Waals surface area contributed by atoms with Crippen LogP contribution in [0.3, 0.4) is 0 Å². The van der Waals surface area contributed by atoms with Crippen LogP contribution in [0.2, 0.25) is 0 Å². The van der Waals surface area contributed by atoms with Crippen LogP contribution in [0.1, 0.15) is 45.6 Å². The van der Waals surface area contributed by atoms with Gasteiger partial charge in [-0.05, 0) is 43.9 Å². The van der Waals surface area contributed by atoms with Gasteiger partial charge in [0.25, 0.3) is 0 Å². The smallest absolute Gasteiger partial charge is 0.409 e. The molecule has 154 valence electrons. The third-order valence-corrected chi connectivity index (χ3v) is 4.98. The molecule has 0 unspecified atom stereocenters. The lowest BCUT2D eigenvalue weighted by Crippen LogP contribution is -2.47. The molecule has 1 aromatic carbocycles. The topological polar surface area (TPSA) is 79.0 Å². The summed E-state index contributed by atoms with van der Waals surface area (Å²) in [5.41, 5.74) is 2.01. The Labute approximate surface area is 167 Å². The van der Waals surface area contributed by atoms with Crippen molar-refractivity contribution in [2.24, 2.45) is 0 Å². The van der Waals surface area contributed by atoms with E-state index in [-0.39, 0.29) is 30.4 Å². The number of amides is 3. The maximum absolute atomic E-state index is 12.3. The number of aryl methyl sites for hydroxylation is 1. The summed E-state index contributed by atoms with van der Waals surface area (Å²) in [6.45, 7) is 7.24. The highest BCUT2D eigenvalue weighted by Gasteiger charge is 2.24. The number of anilines is 1. The minimum atomic E-state index is -0.293. The number of nitrogens with zero attached hydrogens (tertiary/aromatic N) is 2. The van der Waals surface area contributed by atoms with Crippen molar-refractivity contribution in [2.75, 3.05) is 31.1 Å². The second kappa shape index (κ2) is 10.7. The number of hydrogen-bond donors (Lipinski definition) is 1. The summed E-state index contributed by atoms with van der Waals surface area (Å²) < 4.78 is 5.00. The van der Waals surface area contributed by atoms with Crippen LogP contribution in [0.25, 0.3) is 0 Å². The van der Waals surface area contributed by atoms with Gasteiger partial charge in [-0.15, -0.1) is 0 Å². The molecule has 0 aliphatic carbocycles. The molecule has 1 fully saturated rings. The van der Waals surface area contributed by atoms with Crippen molar-refractivity contribution >= 4 is 23.6 Å². The van der Waals surface area contributed by atoms with Crippen molar-refractivity contribution in [2.45, 2.75) is 52.5 Å². The van der Waals surface area contributed by atoms with Crippen LogP contribution in [0.15, 0.2) is 24.3 Å². The predicted octanol–water partition coefficient (Wildman–Crippen LogP) is 2.73. The van der Waals surface area contributed by atoms with E-state index >= 15 is 0 Å². The monoisotopic (exact) mass is 389 g/mol. The second-order valence-electron chi connectivity index (χ2n) is 6.97. The van der Waals surface area contributed by atoms with Crippen LogP contribution in [-0.2, 0) is 20.7 Å². The van der Waals surface area contributed by atoms with Crippen molar-refractivity contribution in [1.29, 1.82) is 0 Å². The molecule has 1 aliphatic heterocycles. The summed E-state index contributed by atoms with van der Waals surface area (Å²) in [6, 6.07) is 7.89. The van der Waals surface area contributed by atoms with Crippen LogP contribution >= 0.6 is 0 Å². The van der Waals surface area contributed by atoms with Crippen LogP contribution in [-0.4, -0.2) is 55.1 Å². The average Bonchev–Trinajstić information content (AvgIpc) is 2.69. The average molecular weight is 389 g/mol. The molecule has 0 aromatic heterocycles. The predicted molar refractivity (Wildman–Crippen MR) is 108 cm³/mol. The summed E-state index contributed by atoms with van der Waals surface area (Å²) in [7, 11) is 0. The zero-order valence-corrected chi connectivity index (χ0v) is 17.1. The van der Waals surface area contributed by atoms with E-state index in [0.29, 0.717) is 39.1 Å². The Hall–Kier alpha value is -2.57. The van der Waals surface area contributed by atoms with E-state index < -0.39 is 0 Å². The number of carbonyl (C=O) groups excluding carboxylic acids is 3. The number of hydrogen-bond acceptors (Lipinski definition) is 4. The van der Waals surface area contributed by atoms with Gasteiger partial charge in [-0.3, -0.25) is 9.59 Å². The highest BCUT2D eigenvalue weighted by Crippen LogP contribution is 2.17. The van der Waals surface area contributed by atoms with Gasteiger partial charge in [-0.25, -0.2) is 4.79 Å². The fourth-order valence-corrected chi connectivity index (χ4v) is 3.31. The summed E-state index contributed by atoms with van der Waals surface area (Å²) in [6.07, 6.45) is 2.31. The first-order valence-corrected chi connectivity index (χ1v) is 10.0. The van der Waals surface area contributed by atoms with Crippen LogP contribution in [0.4, 0.5) is 10.5 Å². The summed E-state index contributed by atoms with van der Waals surface area (Å²) in [5.74, 6) is -0.161. The van der Waals surface area contributed by atoms with E-state index in [1.165, 1.54) is 12.5 Å². The first-order valence-electron chi connectivity index (χ1n) is 10.0. The Balaban J connectivity index is 1.80. The first kappa shape index (κ1) is 21.7. The molecule has 0 bridgehead atoms. The molecule has 1 aliphatic rings. The van der Waals surface area contributed by atoms with Gasteiger partial charge in [0.2, 0.25) is 11.8 Å². The van der Waals surface area contributed by atoms with Crippen molar-refractivity contribution < 1.29 is 19.1 Å². The number of likely N-dealkylation sites (tertiary alicyclic amines) is 1. The third kappa shape index (κ3) is 6.25. The standard InChI is InChI=1S/C21H31N3O4/c1-4-17-6-8-19(9-7-17)24(16(3)25)15-12-20(26)22-18-10-13-23(14-11-18)21(27)28-5-2/h6-9,18H,4-5,10-15H2,1-3H3,(H,22,26). The van der Waals surface area contributed by atoms with Gasteiger partial charge < -0.3 is 19.9 Å². The maximum atomic E-state index is 12.3. The van der Waals surface area contributed by atoms with E-state index in [1.807, 2.05) is 24.3 Å². The second-order valence-corrected chi connectivity index (χ2v) is 6.97. The first-order chi connectivity index (χ1) is 13.4. The quantitative estimate of drug-likeness (QED) is 0.778. The van der Waals surface area contributed by atoms with Gasteiger partial charge in [0.05, 0.1) is 6.61 Å². The molecule has 0 atom stereocenters. The number of piperidine rings is 1. The van der Waals surface area contributed by atoms with Gasteiger partial charge in [0.15, 0.2) is 0 Å². The molecule has 1 N–H and O–H groups in total. The molecule has 28 heavy (non-hydrogen) atoms. The van der Waals surface area contributed by atoms with Crippen molar-refractivity contribution in [3.63, 3.8) is 0 Å². The van der Waals surface area contributed by atoms with E-state index in [9.17, 15) is 14.4 Å². The molecule has 7 heteroatoms. The van der Waals surface area contributed by atoms with E-state index in [1.54, 1.807) is 16.7 Å². The number of rotatable bonds is 7. The van der Waals surface area contributed by atoms with Crippen molar-refractivity contribution in [3.05, 3.63) is 29.8 Å². The molecule has 0 radical (unpaired) electrons. The van der Waals surface area contributed by atoms with Gasteiger partial charge in [0.1, 0.15) is 0 Å². The highest BCUT2D eigenvalue weighted by molar-refractivity contribution is 5.92. The van der Waals surface area contributed by atoms with Crippen LogP contribution in [0, 0.1) is 0 Å². The normalized spacial score (nSPS) is 14.5. The fourth-order valence-electron chi connectivity index (χ4n) is 3.31. The van der Waals surface area contributed by atoms with Crippen molar-refractivity contribution in [1.82, 2.24) is 10.2 Å². The highest BCUT2D eigenvalue weighted by atomic mass is 16.6. The zero-order chi connectivity index (χ0) is 20.5. The minimum Gasteiger partial charge on any atom is -0.450 e. The number of nitrogens with one attached hydrogen (secondary N) is 1. The molecular weight excluding hydrogens is 358 g/mol. The fraction of sp³-hybridized carbons (Fsp3) is 0.571. The largest absolute Gasteiger partial charge is 0.450 e. The lowest BCUT2D eigenvalue weighted by molar-refractivity contribution is -0.122. The zero-order valence-electron chi connectivity index (χ0n) is 17.1. The molecule has 2 rings (SSSR count). The summed E-state index contributed by atoms with van der Waals surface area (Å²) in [4.78, 5) is 39.4. The lowest BCUT2D eigenvalue weighted by atomic mass is 10.1. The molecule has 3 amide bonds. The molecule has 1 aromatic rings. The summed E-state index contributed by atoms with van der Waals surface area (Å²) >= 11 is 0. The number of carbonyl (C=O) groups is 3. The van der Waals surface area contributed by atoms with E-state index in [0.717, 1.165) is 12.1 Å². The third-order valence-electron chi connectivity index (χ3n) is 4.98. The van der Waals surface area contributed by atoms with Gasteiger partial charge >= 0.3 is 6.09 Å². The van der Waals surface area contributed by atoms with E-state index in [4.69, 9.17) is 4.74 Å². The van der Waals surface area contributed by atoms with Gasteiger partial charge in [0, 0.05) is 44.7 Å². The Morgan fingerprint density at radius 3 is 2.32 bits per heavy atom. The molecule has 1 heterocycles. The van der Waals surface area contributed by atoms with Crippen LogP contribution < -0.4 is 10.2 Å².